The number of aromatic nitrogens is 2. The lowest BCUT2D eigenvalue weighted by Crippen LogP contribution is -2.56. The summed E-state index contributed by atoms with van der Waals surface area (Å²) in [6.45, 7) is 8.69. The van der Waals surface area contributed by atoms with Gasteiger partial charge in [-0.15, -0.1) is 0 Å². The highest BCUT2D eigenvalue weighted by molar-refractivity contribution is 6.35. The number of halogens is 1. The average molecular weight is 693 g/mol. The number of likely N-dealkylation sites (tertiary alicyclic amines) is 2. The van der Waals surface area contributed by atoms with Crippen LogP contribution in [0.3, 0.4) is 0 Å². The lowest BCUT2D eigenvalue weighted by molar-refractivity contribution is -0.121. The number of hydrogen-bond donors (Lipinski definition) is 2. The van der Waals surface area contributed by atoms with Crippen molar-refractivity contribution in [3.8, 4) is 45.3 Å². The molecule has 10 nitrogen and oxygen atoms in total. The van der Waals surface area contributed by atoms with Gasteiger partial charge in [-0.1, -0.05) is 48.0 Å². The minimum absolute atomic E-state index is 0.0775. The van der Waals surface area contributed by atoms with Gasteiger partial charge in [-0.05, 0) is 36.2 Å². The van der Waals surface area contributed by atoms with Crippen LogP contribution < -0.4 is 20.1 Å². The molecule has 0 radical (unpaired) electrons. The molecule has 258 valence electrons. The maximum Gasteiger partial charge on any atom is 0.220 e. The van der Waals surface area contributed by atoms with E-state index in [1.54, 1.807) is 20.4 Å². The van der Waals surface area contributed by atoms with Crippen molar-refractivity contribution in [3.63, 3.8) is 0 Å². The third kappa shape index (κ3) is 5.89. The molecule has 4 aliphatic rings. The van der Waals surface area contributed by atoms with Gasteiger partial charge >= 0.3 is 0 Å². The Kier molecular flexibility index (Phi) is 8.28. The fourth-order valence-corrected chi connectivity index (χ4v) is 8.78. The van der Waals surface area contributed by atoms with E-state index >= 15 is 0 Å². The van der Waals surface area contributed by atoms with Gasteiger partial charge in [0.1, 0.15) is 5.75 Å². The molecule has 4 fully saturated rings. The fraction of sp³-hybridized carbons (Fsp3) is 0.385. The number of rotatable bonds is 9. The van der Waals surface area contributed by atoms with Gasteiger partial charge in [-0.25, -0.2) is 4.98 Å². The molecule has 6 heterocycles. The molecule has 50 heavy (non-hydrogen) atoms. The van der Waals surface area contributed by atoms with Crippen molar-refractivity contribution < 1.29 is 19.1 Å². The van der Waals surface area contributed by atoms with Crippen LogP contribution in [0.15, 0.2) is 60.8 Å². The van der Waals surface area contributed by atoms with Crippen LogP contribution in [0.5, 0.6) is 11.6 Å². The molecular weight excluding hydrogens is 652 g/mol. The Morgan fingerprint density at radius 3 is 2.06 bits per heavy atom. The first-order valence-corrected chi connectivity index (χ1v) is 17.5. The number of carbonyl (C=O) groups excluding carboxylic acids is 2. The molecule has 0 aliphatic carbocycles. The van der Waals surface area contributed by atoms with E-state index < -0.39 is 0 Å². The van der Waals surface area contributed by atoms with Crippen LogP contribution >= 0.6 is 11.6 Å². The highest BCUT2D eigenvalue weighted by Gasteiger charge is 2.49. The Bertz CT molecular complexity index is 1860. The molecule has 0 atom stereocenters. The number of benzene rings is 2. The van der Waals surface area contributed by atoms with Crippen LogP contribution in [0, 0.1) is 17.8 Å². The summed E-state index contributed by atoms with van der Waals surface area (Å²) in [4.78, 5) is 37.9. The van der Waals surface area contributed by atoms with Crippen molar-refractivity contribution in [1.82, 2.24) is 30.4 Å². The van der Waals surface area contributed by atoms with E-state index in [2.05, 4.69) is 63.8 Å². The number of carbonyl (C=O) groups is 2. The first-order chi connectivity index (χ1) is 24.2. The van der Waals surface area contributed by atoms with E-state index in [9.17, 15) is 9.59 Å². The standard InChI is InChI=1S/C39H41ClN6O4/c1-24-28(5-4-6-29(24)31-10-9-27(37(44-31)50-3)17-46-22-39(23-46)15-34(48)43-19-39)30-11-12-41-36(35(30)40)25-7-8-26(32(13-25)49-2)16-45-20-38(21-45)14-33(47)42-18-38/h4-13H,14-23H2,1-3H3,(H,42,47)(H,43,48). The summed E-state index contributed by atoms with van der Waals surface area (Å²) >= 11 is 7.16. The predicted octanol–water partition coefficient (Wildman–Crippen LogP) is 5.10. The molecule has 2 spiro atoms. The van der Waals surface area contributed by atoms with Gasteiger partial charge in [0, 0.05) is 110 Å². The molecule has 2 aromatic heterocycles. The Morgan fingerprint density at radius 1 is 0.800 bits per heavy atom. The summed E-state index contributed by atoms with van der Waals surface area (Å²) in [5.74, 6) is 1.70. The zero-order chi connectivity index (χ0) is 34.6. The van der Waals surface area contributed by atoms with Crippen molar-refractivity contribution in [2.75, 3.05) is 53.5 Å². The Morgan fingerprint density at radius 2 is 1.44 bits per heavy atom. The van der Waals surface area contributed by atoms with E-state index in [4.69, 9.17) is 31.0 Å². The second-order valence-electron chi connectivity index (χ2n) is 14.6. The van der Waals surface area contributed by atoms with Crippen LogP contribution in [0.2, 0.25) is 5.02 Å². The third-order valence-electron chi connectivity index (χ3n) is 10.9. The van der Waals surface area contributed by atoms with E-state index in [-0.39, 0.29) is 22.6 Å². The quantitative estimate of drug-likeness (QED) is 0.250. The smallest absolute Gasteiger partial charge is 0.220 e. The number of nitrogens with zero attached hydrogens (tertiary/aromatic N) is 4. The molecule has 4 saturated heterocycles. The van der Waals surface area contributed by atoms with Gasteiger partial charge in [0.15, 0.2) is 0 Å². The molecular formula is C39H41ClN6O4. The lowest BCUT2D eigenvalue weighted by atomic mass is 9.79. The fourth-order valence-electron chi connectivity index (χ4n) is 8.46. The zero-order valence-electron chi connectivity index (χ0n) is 28.6. The van der Waals surface area contributed by atoms with E-state index in [0.29, 0.717) is 29.4 Å². The van der Waals surface area contributed by atoms with Crippen molar-refractivity contribution in [2.45, 2.75) is 32.9 Å². The van der Waals surface area contributed by atoms with Gasteiger partial charge in [0.2, 0.25) is 17.7 Å². The van der Waals surface area contributed by atoms with Crippen molar-refractivity contribution in [2.24, 2.45) is 10.8 Å². The van der Waals surface area contributed by atoms with E-state index in [0.717, 1.165) is 103 Å². The molecule has 11 heteroatoms. The highest BCUT2D eigenvalue weighted by Crippen LogP contribution is 2.42. The summed E-state index contributed by atoms with van der Waals surface area (Å²) < 4.78 is 11.6. The minimum atomic E-state index is 0.0775. The third-order valence-corrected chi connectivity index (χ3v) is 11.3. The molecule has 0 bridgehead atoms. The van der Waals surface area contributed by atoms with Crippen molar-refractivity contribution in [1.29, 1.82) is 0 Å². The van der Waals surface area contributed by atoms with E-state index in [1.807, 2.05) is 18.2 Å². The van der Waals surface area contributed by atoms with Gasteiger partial charge in [0.25, 0.3) is 0 Å². The molecule has 0 unspecified atom stereocenters. The molecule has 4 aromatic rings. The van der Waals surface area contributed by atoms with Crippen LogP contribution in [-0.2, 0) is 22.7 Å². The molecule has 2 amide bonds. The number of hydrogen-bond acceptors (Lipinski definition) is 8. The van der Waals surface area contributed by atoms with Crippen LogP contribution in [0.1, 0.15) is 29.5 Å². The summed E-state index contributed by atoms with van der Waals surface area (Å²) in [5, 5.41) is 6.52. The summed E-state index contributed by atoms with van der Waals surface area (Å²) in [5.41, 5.74) is 8.60. The second-order valence-corrected chi connectivity index (χ2v) is 15.0. The van der Waals surface area contributed by atoms with Crippen LogP contribution in [0.4, 0.5) is 0 Å². The summed E-state index contributed by atoms with van der Waals surface area (Å²) in [6.07, 6.45) is 3.02. The maximum atomic E-state index is 11.8. The number of pyridine rings is 2. The summed E-state index contributed by atoms with van der Waals surface area (Å²) in [7, 11) is 3.35. The van der Waals surface area contributed by atoms with Gasteiger partial charge in [0.05, 0.1) is 30.6 Å². The van der Waals surface area contributed by atoms with Crippen molar-refractivity contribution >= 4 is 23.4 Å². The number of nitrogens with one attached hydrogen (secondary N) is 2. The normalized spacial score (nSPS) is 19.3. The van der Waals surface area contributed by atoms with Gasteiger partial charge in [-0.2, -0.15) is 0 Å². The number of methoxy groups -OCH3 is 2. The number of amides is 2. The lowest BCUT2D eigenvalue weighted by Gasteiger charge is -2.47. The second kappa shape index (κ2) is 12.7. The van der Waals surface area contributed by atoms with Gasteiger partial charge < -0.3 is 20.1 Å². The Labute approximate surface area is 297 Å². The Hall–Kier alpha value is -4.51. The van der Waals surface area contributed by atoms with Gasteiger partial charge in [-0.3, -0.25) is 24.4 Å². The SMILES string of the molecule is COc1cc(-c2nccc(-c3cccc(-c4ccc(CN5CC6(CNC(=O)C6)C5)c(OC)n4)c3C)c2Cl)ccc1CN1CC2(CNC(=O)C2)C1. The monoisotopic (exact) mass is 692 g/mol. The first-order valence-electron chi connectivity index (χ1n) is 17.1. The molecule has 8 rings (SSSR count). The number of ether oxygens (including phenoxy) is 2. The largest absolute Gasteiger partial charge is 0.496 e. The molecule has 2 N–H and O–H groups in total. The Balaban J connectivity index is 1.01. The molecule has 2 aromatic carbocycles. The highest BCUT2D eigenvalue weighted by atomic mass is 35.5. The average Bonchev–Trinajstić information content (AvgIpc) is 3.68. The van der Waals surface area contributed by atoms with Crippen LogP contribution in [0.25, 0.3) is 33.6 Å². The molecule has 0 saturated carbocycles. The van der Waals surface area contributed by atoms with Crippen LogP contribution in [-0.4, -0.2) is 85.1 Å². The first kappa shape index (κ1) is 32.7. The topological polar surface area (TPSA) is 109 Å². The molecule has 4 aliphatic heterocycles. The van der Waals surface area contributed by atoms with E-state index in [1.165, 1.54) is 0 Å². The summed E-state index contributed by atoms with van der Waals surface area (Å²) in [6, 6.07) is 18.4. The van der Waals surface area contributed by atoms with Crippen molar-refractivity contribution in [3.05, 3.63) is 82.5 Å². The maximum absolute atomic E-state index is 11.8. The zero-order valence-corrected chi connectivity index (χ0v) is 29.4. The minimum Gasteiger partial charge on any atom is -0.496 e. The predicted molar refractivity (Wildman–Crippen MR) is 192 cm³/mol.